The van der Waals surface area contributed by atoms with Crippen molar-refractivity contribution in [3.05, 3.63) is 34.9 Å². The molecule has 0 spiro atoms. The minimum Gasteiger partial charge on any atom is -0.370 e. The highest BCUT2D eigenvalue weighted by molar-refractivity contribution is 5.91. The van der Waals surface area contributed by atoms with Crippen molar-refractivity contribution in [1.82, 2.24) is 0 Å². The number of carbonyl (C=O) groups excluding carboxylic acids is 1. The maximum Gasteiger partial charge on any atom is 0.356 e. The van der Waals surface area contributed by atoms with Crippen molar-refractivity contribution >= 4 is 5.97 Å². The summed E-state index contributed by atoms with van der Waals surface area (Å²) in [5.41, 5.74) is 3.01. The Morgan fingerprint density at radius 3 is 2.86 bits per heavy atom. The van der Waals surface area contributed by atoms with Gasteiger partial charge in [0.25, 0.3) is 0 Å². The van der Waals surface area contributed by atoms with Gasteiger partial charge in [-0.25, -0.2) is 4.79 Å². The monoisotopic (exact) mass is 191 g/mol. The van der Waals surface area contributed by atoms with Crippen LogP contribution in [-0.2, 0) is 17.7 Å². The Bertz CT molecular complexity index is 360. The number of rotatable bonds is 1. The lowest BCUT2D eigenvalue weighted by molar-refractivity contribution is 0.0502. The van der Waals surface area contributed by atoms with E-state index in [2.05, 4.69) is 10.9 Å². The third-order valence-corrected chi connectivity index (χ3v) is 2.72. The molecule has 1 aromatic carbocycles. The zero-order valence-electron chi connectivity index (χ0n) is 7.95. The highest BCUT2D eigenvalue weighted by Crippen LogP contribution is 2.24. The van der Waals surface area contributed by atoms with Gasteiger partial charge in [0.2, 0.25) is 0 Å². The lowest BCUT2D eigenvalue weighted by Crippen LogP contribution is -2.15. The van der Waals surface area contributed by atoms with Gasteiger partial charge in [0.1, 0.15) is 0 Å². The molecule has 2 rings (SSSR count). The molecule has 0 unspecified atom stereocenters. The molecule has 0 radical (unpaired) electrons. The molecule has 0 fully saturated rings. The summed E-state index contributed by atoms with van der Waals surface area (Å²) >= 11 is 0. The molecule has 2 N–H and O–H groups in total. The van der Waals surface area contributed by atoms with E-state index in [9.17, 15) is 4.79 Å². The summed E-state index contributed by atoms with van der Waals surface area (Å²) in [6.07, 6.45) is 4.36. The van der Waals surface area contributed by atoms with Gasteiger partial charge in [-0.05, 0) is 42.9 Å². The Morgan fingerprint density at radius 1 is 1.29 bits per heavy atom. The summed E-state index contributed by atoms with van der Waals surface area (Å²) in [7, 11) is 0. The van der Waals surface area contributed by atoms with E-state index in [-0.39, 0.29) is 0 Å². The number of hydrogen-bond donors (Lipinski definition) is 1. The van der Waals surface area contributed by atoms with E-state index in [1.54, 1.807) is 6.07 Å². The fourth-order valence-corrected chi connectivity index (χ4v) is 2.04. The second-order valence-corrected chi connectivity index (χ2v) is 3.56. The molecule has 74 valence electrons. The molecule has 1 aliphatic carbocycles. The second kappa shape index (κ2) is 3.80. The molecule has 3 heteroatoms. The van der Waals surface area contributed by atoms with Crippen LogP contribution in [0.5, 0.6) is 0 Å². The van der Waals surface area contributed by atoms with Crippen LogP contribution in [0.1, 0.15) is 34.3 Å². The third kappa shape index (κ3) is 1.51. The fraction of sp³-hybridized carbons (Fsp3) is 0.364. The first-order valence-corrected chi connectivity index (χ1v) is 4.85. The minimum absolute atomic E-state index is 0.427. The summed E-state index contributed by atoms with van der Waals surface area (Å²) in [4.78, 5) is 15.6. The normalized spacial score (nSPS) is 14.6. The molecular weight excluding hydrogens is 178 g/mol. The molecule has 0 saturated heterocycles. The third-order valence-electron chi connectivity index (χ3n) is 2.72. The molecule has 0 atom stereocenters. The largest absolute Gasteiger partial charge is 0.370 e. The van der Waals surface area contributed by atoms with Gasteiger partial charge in [-0.2, -0.15) is 5.90 Å². The molecule has 0 aromatic heterocycles. The van der Waals surface area contributed by atoms with Gasteiger partial charge < -0.3 is 4.84 Å². The quantitative estimate of drug-likeness (QED) is 0.686. The van der Waals surface area contributed by atoms with Gasteiger partial charge in [-0.1, -0.05) is 12.1 Å². The first kappa shape index (κ1) is 9.21. The number of aryl methyl sites for hydroxylation is 1. The van der Waals surface area contributed by atoms with Crippen molar-refractivity contribution in [2.24, 2.45) is 5.90 Å². The van der Waals surface area contributed by atoms with Crippen molar-refractivity contribution in [2.45, 2.75) is 25.7 Å². The van der Waals surface area contributed by atoms with Crippen molar-refractivity contribution in [1.29, 1.82) is 0 Å². The van der Waals surface area contributed by atoms with E-state index in [0.29, 0.717) is 5.56 Å². The van der Waals surface area contributed by atoms with Crippen LogP contribution in [0.4, 0.5) is 0 Å². The van der Waals surface area contributed by atoms with E-state index >= 15 is 0 Å². The predicted molar refractivity (Wildman–Crippen MR) is 52.7 cm³/mol. The maximum absolute atomic E-state index is 11.3. The highest BCUT2D eigenvalue weighted by atomic mass is 16.7. The van der Waals surface area contributed by atoms with Crippen LogP contribution < -0.4 is 5.90 Å². The van der Waals surface area contributed by atoms with Gasteiger partial charge in [-0.15, -0.1) is 0 Å². The molecule has 3 nitrogen and oxygen atoms in total. The first-order valence-electron chi connectivity index (χ1n) is 4.85. The first-order chi connectivity index (χ1) is 6.83. The fourth-order valence-electron chi connectivity index (χ4n) is 2.04. The Labute approximate surface area is 82.8 Å². The number of nitrogens with two attached hydrogens (primary N) is 1. The van der Waals surface area contributed by atoms with E-state index < -0.39 is 5.97 Å². The molecule has 0 bridgehead atoms. The molecular formula is C11H13NO2. The summed E-state index contributed by atoms with van der Waals surface area (Å²) < 4.78 is 0. The molecule has 0 saturated carbocycles. The summed E-state index contributed by atoms with van der Waals surface area (Å²) in [5.74, 6) is 4.46. The van der Waals surface area contributed by atoms with Crippen molar-refractivity contribution in [3.8, 4) is 0 Å². The van der Waals surface area contributed by atoms with Crippen LogP contribution in [0.15, 0.2) is 18.2 Å². The minimum atomic E-state index is -0.427. The Hall–Kier alpha value is -1.35. The van der Waals surface area contributed by atoms with Crippen molar-refractivity contribution in [2.75, 3.05) is 0 Å². The average Bonchev–Trinajstić information content (AvgIpc) is 2.27. The average molecular weight is 191 g/mol. The van der Waals surface area contributed by atoms with Crippen LogP contribution in [0.25, 0.3) is 0 Å². The van der Waals surface area contributed by atoms with E-state index in [0.717, 1.165) is 24.8 Å². The van der Waals surface area contributed by atoms with Crippen molar-refractivity contribution < 1.29 is 9.63 Å². The van der Waals surface area contributed by atoms with Crippen LogP contribution in [0.3, 0.4) is 0 Å². The molecule has 0 heterocycles. The SMILES string of the molecule is NOC(=O)c1cccc2c1CCCC2. The van der Waals surface area contributed by atoms with Gasteiger partial charge in [0.05, 0.1) is 5.56 Å². The van der Waals surface area contributed by atoms with Crippen LogP contribution in [-0.4, -0.2) is 5.97 Å². The predicted octanol–water partition coefficient (Wildman–Crippen LogP) is 1.60. The zero-order valence-corrected chi connectivity index (χ0v) is 7.95. The van der Waals surface area contributed by atoms with E-state index in [4.69, 9.17) is 5.90 Å². The Kier molecular flexibility index (Phi) is 2.50. The Balaban J connectivity index is 2.45. The van der Waals surface area contributed by atoms with E-state index in [1.165, 1.54) is 12.0 Å². The molecule has 1 aromatic rings. The number of fused-ring (bicyclic) bond motifs is 1. The number of carbonyl (C=O) groups is 1. The summed E-state index contributed by atoms with van der Waals surface area (Å²) in [6, 6.07) is 5.73. The smallest absolute Gasteiger partial charge is 0.356 e. The maximum atomic E-state index is 11.3. The summed E-state index contributed by atoms with van der Waals surface area (Å²) in [5, 5.41) is 0. The van der Waals surface area contributed by atoms with Crippen LogP contribution in [0.2, 0.25) is 0 Å². The molecule has 0 amide bonds. The standard InChI is InChI=1S/C11H13NO2/c12-14-11(13)10-7-3-5-8-4-1-2-6-9(8)10/h3,5,7H,1-2,4,6,12H2. The zero-order chi connectivity index (χ0) is 9.97. The van der Waals surface area contributed by atoms with Crippen LogP contribution >= 0.6 is 0 Å². The number of hydrogen-bond acceptors (Lipinski definition) is 3. The molecule has 0 aliphatic heterocycles. The highest BCUT2D eigenvalue weighted by Gasteiger charge is 2.17. The second-order valence-electron chi connectivity index (χ2n) is 3.56. The molecule has 14 heavy (non-hydrogen) atoms. The summed E-state index contributed by atoms with van der Waals surface area (Å²) in [6.45, 7) is 0. The van der Waals surface area contributed by atoms with Gasteiger partial charge in [-0.3, -0.25) is 0 Å². The lowest BCUT2D eigenvalue weighted by atomic mass is 9.88. The lowest BCUT2D eigenvalue weighted by Gasteiger charge is -2.17. The topological polar surface area (TPSA) is 52.3 Å². The van der Waals surface area contributed by atoms with Gasteiger partial charge >= 0.3 is 5.97 Å². The van der Waals surface area contributed by atoms with Gasteiger partial charge in [0.15, 0.2) is 0 Å². The van der Waals surface area contributed by atoms with E-state index in [1.807, 2.05) is 6.07 Å². The van der Waals surface area contributed by atoms with Crippen LogP contribution in [0, 0.1) is 0 Å². The van der Waals surface area contributed by atoms with Gasteiger partial charge in [0, 0.05) is 0 Å². The Morgan fingerprint density at radius 2 is 2.07 bits per heavy atom. The number of benzene rings is 1. The molecule has 1 aliphatic rings. The van der Waals surface area contributed by atoms with Crippen molar-refractivity contribution in [3.63, 3.8) is 0 Å².